The molecule has 1 saturated heterocycles. The van der Waals surface area contributed by atoms with E-state index in [4.69, 9.17) is 10.8 Å². The number of anilines is 1. The summed E-state index contributed by atoms with van der Waals surface area (Å²) in [4.78, 5) is 23.3. The maximum Gasteiger partial charge on any atom is 0.270 e. The fourth-order valence-electron chi connectivity index (χ4n) is 2.63. The molecule has 0 spiro atoms. The number of nitrogens with zero attached hydrogens (tertiary/aromatic N) is 3. The molecule has 2 atom stereocenters. The van der Waals surface area contributed by atoms with Gasteiger partial charge in [0.05, 0.1) is 22.8 Å². The first kappa shape index (κ1) is 16.7. The van der Waals surface area contributed by atoms with Crippen molar-refractivity contribution in [1.29, 1.82) is 5.26 Å². The van der Waals surface area contributed by atoms with Crippen LogP contribution in [0.25, 0.3) is 0 Å². The standard InChI is InChI=1S/C14H17N5O4/c15-6-9-5-11(19(22)23)1-2-13(9)18-4-3-10(7-18)17-12(8-20)14(16)21/h1-2,5,10,12,17,20H,3-4,7-8H2,(H2,16,21)/t10-,12-/m0/s1. The molecule has 23 heavy (non-hydrogen) atoms. The lowest BCUT2D eigenvalue weighted by atomic mass is 10.1. The molecule has 1 aromatic carbocycles. The summed E-state index contributed by atoms with van der Waals surface area (Å²) >= 11 is 0. The highest BCUT2D eigenvalue weighted by molar-refractivity contribution is 5.80. The minimum Gasteiger partial charge on any atom is -0.394 e. The maximum absolute atomic E-state index is 11.2. The van der Waals surface area contributed by atoms with E-state index in [9.17, 15) is 20.2 Å². The third-order valence-corrected chi connectivity index (χ3v) is 3.80. The number of aliphatic hydroxyl groups excluding tert-OH is 1. The molecule has 1 fully saturated rings. The molecule has 122 valence electrons. The second-order valence-electron chi connectivity index (χ2n) is 5.31. The molecule has 0 bridgehead atoms. The first-order valence-corrected chi connectivity index (χ1v) is 7.06. The Hall–Kier alpha value is -2.70. The Kier molecular flexibility index (Phi) is 5.10. The third-order valence-electron chi connectivity index (χ3n) is 3.80. The zero-order valence-corrected chi connectivity index (χ0v) is 12.3. The number of nitrogens with one attached hydrogen (secondary N) is 1. The summed E-state index contributed by atoms with van der Waals surface area (Å²) in [6.07, 6.45) is 0.700. The summed E-state index contributed by atoms with van der Waals surface area (Å²) in [5, 5.41) is 32.1. The van der Waals surface area contributed by atoms with Gasteiger partial charge >= 0.3 is 0 Å². The van der Waals surface area contributed by atoms with Gasteiger partial charge in [-0.05, 0) is 12.5 Å². The second-order valence-corrected chi connectivity index (χ2v) is 5.31. The molecule has 4 N–H and O–H groups in total. The predicted molar refractivity (Wildman–Crippen MR) is 81.6 cm³/mol. The molecule has 0 radical (unpaired) electrons. The Bertz CT molecular complexity index is 657. The molecule has 1 aromatic rings. The highest BCUT2D eigenvalue weighted by Crippen LogP contribution is 2.27. The molecule has 1 amide bonds. The first-order chi connectivity index (χ1) is 11.0. The summed E-state index contributed by atoms with van der Waals surface area (Å²) in [5.74, 6) is -0.626. The molecule has 9 nitrogen and oxygen atoms in total. The number of primary amides is 1. The Morgan fingerprint density at radius 3 is 2.96 bits per heavy atom. The first-order valence-electron chi connectivity index (χ1n) is 7.06. The zero-order valence-electron chi connectivity index (χ0n) is 12.3. The van der Waals surface area contributed by atoms with Crippen molar-refractivity contribution in [3.8, 4) is 6.07 Å². The Morgan fingerprint density at radius 1 is 1.65 bits per heavy atom. The van der Waals surface area contributed by atoms with E-state index < -0.39 is 16.9 Å². The van der Waals surface area contributed by atoms with Gasteiger partial charge in [0.2, 0.25) is 5.91 Å². The van der Waals surface area contributed by atoms with Gasteiger partial charge in [0.1, 0.15) is 12.1 Å². The van der Waals surface area contributed by atoms with Gasteiger partial charge in [-0.1, -0.05) is 0 Å². The molecule has 1 aliphatic rings. The van der Waals surface area contributed by atoms with E-state index in [1.807, 2.05) is 11.0 Å². The minimum absolute atomic E-state index is 0.0682. The van der Waals surface area contributed by atoms with Crippen LogP contribution < -0.4 is 16.0 Å². The smallest absolute Gasteiger partial charge is 0.270 e. The van der Waals surface area contributed by atoms with Gasteiger partial charge in [-0.3, -0.25) is 20.2 Å². The van der Waals surface area contributed by atoms with E-state index in [2.05, 4.69) is 5.32 Å². The molecule has 1 heterocycles. The van der Waals surface area contributed by atoms with Crippen LogP contribution in [0.3, 0.4) is 0 Å². The minimum atomic E-state index is -0.813. The highest BCUT2D eigenvalue weighted by Gasteiger charge is 2.28. The molecular weight excluding hydrogens is 302 g/mol. The van der Waals surface area contributed by atoms with Crippen LogP contribution in [-0.2, 0) is 4.79 Å². The van der Waals surface area contributed by atoms with Gasteiger partial charge in [0.25, 0.3) is 5.69 Å². The summed E-state index contributed by atoms with van der Waals surface area (Å²) < 4.78 is 0. The Balaban J connectivity index is 2.11. The normalized spacial score (nSPS) is 18.4. The summed E-state index contributed by atoms with van der Waals surface area (Å²) in [6, 6.07) is 5.25. The van der Waals surface area contributed by atoms with Gasteiger partial charge in [0, 0.05) is 31.3 Å². The molecule has 2 rings (SSSR count). The van der Waals surface area contributed by atoms with Crippen molar-refractivity contribution in [3.05, 3.63) is 33.9 Å². The molecule has 0 aliphatic carbocycles. The molecule has 0 saturated carbocycles. The SMILES string of the molecule is N#Cc1cc([N+](=O)[O-])ccc1N1CC[C@H](N[C@@H](CO)C(N)=O)C1. The fraction of sp³-hybridized carbons (Fsp3) is 0.429. The number of amides is 1. The number of carbonyl (C=O) groups is 1. The van der Waals surface area contributed by atoms with Gasteiger partial charge in [-0.25, -0.2) is 0 Å². The lowest BCUT2D eigenvalue weighted by molar-refractivity contribution is -0.384. The van der Waals surface area contributed by atoms with Crippen molar-refractivity contribution in [3.63, 3.8) is 0 Å². The number of hydrogen-bond acceptors (Lipinski definition) is 7. The van der Waals surface area contributed by atoms with E-state index in [1.54, 1.807) is 6.07 Å². The fourth-order valence-corrected chi connectivity index (χ4v) is 2.63. The van der Waals surface area contributed by atoms with Gasteiger partial charge in [0.15, 0.2) is 0 Å². The Morgan fingerprint density at radius 2 is 2.39 bits per heavy atom. The third kappa shape index (κ3) is 3.74. The number of nitriles is 1. The van der Waals surface area contributed by atoms with E-state index in [1.165, 1.54) is 12.1 Å². The van der Waals surface area contributed by atoms with Crippen molar-refractivity contribution in [2.24, 2.45) is 5.73 Å². The monoisotopic (exact) mass is 319 g/mol. The van der Waals surface area contributed by atoms with Crippen molar-refractivity contribution < 1.29 is 14.8 Å². The van der Waals surface area contributed by atoms with Gasteiger partial charge in [-0.2, -0.15) is 5.26 Å². The lowest BCUT2D eigenvalue weighted by Crippen LogP contribution is -2.49. The number of carbonyl (C=O) groups excluding carboxylic acids is 1. The van der Waals surface area contributed by atoms with Crippen molar-refractivity contribution in [1.82, 2.24) is 5.32 Å². The lowest BCUT2D eigenvalue weighted by Gasteiger charge is -2.21. The Labute approximate surface area is 132 Å². The van der Waals surface area contributed by atoms with E-state index in [-0.39, 0.29) is 23.9 Å². The van der Waals surface area contributed by atoms with Crippen molar-refractivity contribution in [2.45, 2.75) is 18.5 Å². The quantitative estimate of drug-likeness (QED) is 0.472. The predicted octanol–water partition coefficient (Wildman–Crippen LogP) is -0.519. The number of nitrogens with two attached hydrogens (primary N) is 1. The van der Waals surface area contributed by atoms with Crippen LogP contribution in [0.5, 0.6) is 0 Å². The molecular formula is C14H17N5O4. The van der Waals surface area contributed by atoms with Crippen LogP contribution >= 0.6 is 0 Å². The number of nitro groups is 1. The number of nitro benzene ring substituents is 1. The summed E-state index contributed by atoms with van der Waals surface area (Å²) in [6.45, 7) is 0.754. The number of aliphatic hydroxyl groups is 1. The summed E-state index contributed by atoms with van der Waals surface area (Å²) in [5.41, 5.74) is 5.89. The number of non-ortho nitro benzene ring substituents is 1. The van der Waals surface area contributed by atoms with Crippen LogP contribution in [0.2, 0.25) is 0 Å². The van der Waals surface area contributed by atoms with Crippen LogP contribution in [0.15, 0.2) is 18.2 Å². The van der Waals surface area contributed by atoms with E-state index in [0.29, 0.717) is 25.2 Å². The maximum atomic E-state index is 11.2. The number of benzene rings is 1. The largest absolute Gasteiger partial charge is 0.394 e. The average Bonchev–Trinajstić information content (AvgIpc) is 2.99. The van der Waals surface area contributed by atoms with Gasteiger partial charge < -0.3 is 15.7 Å². The second kappa shape index (κ2) is 7.04. The molecule has 9 heteroatoms. The average molecular weight is 319 g/mol. The number of hydrogen-bond donors (Lipinski definition) is 3. The highest BCUT2D eigenvalue weighted by atomic mass is 16.6. The molecule has 1 aliphatic heterocycles. The van der Waals surface area contributed by atoms with Crippen molar-refractivity contribution in [2.75, 3.05) is 24.6 Å². The summed E-state index contributed by atoms with van der Waals surface area (Å²) in [7, 11) is 0. The van der Waals surface area contributed by atoms with Crippen LogP contribution in [0, 0.1) is 21.4 Å². The molecule has 0 aromatic heterocycles. The van der Waals surface area contributed by atoms with Crippen LogP contribution in [0.1, 0.15) is 12.0 Å². The van der Waals surface area contributed by atoms with Crippen LogP contribution in [0.4, 0.5) is 11.4 Å². The van der Waals surface area contributed by atoms with Crippen molar-refractivity contribution >= 4 is 17.3 Å². The van der Waals surface area contributed by atoms with E-state index in [0.717, 1.165) is 0 Å². The van der Waals surface area contributed by atoms with E-state index >= 15 is 0 Å². The number of rotatable bonds is 6. The van der Waals surface area contributed by atoms with Gasteiger partial charge in [-0.15, -0.1) is 0 Å². The molecule has 0 unspecified atom stereocenters. The van der Waals surface area contributed by atoms with Crippen LogP contribution in [-0.4, -0.2) is 47.7 Å². The topological polar surface area (TPSA) is 146 Å². The zero-order chi connectivity index (χ0) is 17.0.